The SMILES string of the molecule is C/C=C\c1cccc(-c2ccc(-c3cccc(N(c4ccccc4)c4ccccc4-c4cccc5sc6ccc(-c7ccc8c(-c9ccc(-c%10ccc(N(c%11ccccc%11)c%11ccccc%11-c%11cccc%12sc%13ccccc%13c%11%12)cc%10)cc9)cccc8c7)cc6c45)c3)cc2)c1C. The second-order valence-corrected chi connectivity index (χ2v) is 26.8. The van der Waals surface area contributed by atoms with E-state index in [0.29, 0.717) is 0 Å². The van der Waals surface area contributed by atoms with Gasteiger partial charge in [0.05, 0.1) is 11.4 Å². The second-order valence-electron chi connectivity index (χ2n) is 24.7. The van der Waals surface area contributed by atoms with Gasteiger partial charge in [0.1, 0.15) is 0 Å². The van der Waals surface area contributed by atoms with Crippen molar-refractivity contribution in [3.8, 4) is 77.9 Å². The number of allylic oxidation sites excluding steroid dienone is 1. The van der Waals surface area contributed by atoms with E-state index in [-0.39, 0.29) is 0 Å². The molecule has 2 nitrogen and oxygen atoms in total. The smallest absolute Gasteiger partial charge is 0.0540 e. The zero-order valence-corrected chi connectivity index (χ0v) is 54.8. The van der Waals surface area contributed by atoms with Crippen molar-refractivity contribution in [1.82, 2.24) is 0 Å². The van der Waals surface area contributed by atoms with Crippen LogP contribution in [-0.4, -0.2) is 0 Å². The lowest BCUT2D eigenvalue weighted by Crippen LogP contribution is -2.11. The van der Waals surface area contributed by atoms with Crippen LogP contribution in [0.25, 0.3) is 135 Å². The Morgan fingerprint density at radius 3 is 1.35 bits per heavy atom. The van der Waals surface area contributed by atoms with E-state index < -0.39 is 0 Å². The molecule has 17 rings (SSSR count). The molecule has 0 amide bonds. The van der Waals surface area contributed by atoms with Gasteiger partial charge in [0, 0.05) is 74.2 Å². The van der Waals surface area contributed by atoms with Crippen molar-refractivity contribution < 1.29 is 0 Å². The highest BCUT2D eigenvalue weighted by molar-refractivity contribution is 7.26. The zero-order valence-electron chi connectivity index (χ0n) is 53.2. The summed E-state index contributed by atoms with van der Waals surface area (Å²) >= 11 is 3.73. The molecular formula is C92H64N2S2. The highest BCUT2D eigenvalue weighted by Crippen LogP contribution is 2.50. The lowest BCUT2D eigenvalue weighted by molar-refractivity contribution is 1.28. The van der Waals surface area contributed by atoms with Crippen LogP contribution >= 0.6 is 22.7 Å². The number of rotatable bonds is 14. The van der Waals surface area contributed by atoms with Gasteiger partial charge in [-0.3, -0.25) is 0 Å². The van der Waals surface area contributed by atoms with Crippen LogP contribution in [0.15, 0.2) is 346 Å². The number of nitrogens with zero attached hydrogens (tertiary/aromatic N) is 2. The fourth-order valence-corrected chi connectivity index (χ4v) is 16.6. The molecule has 2 heterocycles. The van der Waals surface area contributed by atoms with Crippen LogP contribution < -0.4 is 9.80 Å². The third-order valence-electron chi connectivity index (χ3n) is 19.0. The van der Waals surface area contributed by atoms with E-state index in [1.54, 1.807) is 0 Å². The Morgan fingerprint density at radius 1 is 0.260 bits per heavy atom. The molecular weight excluding hydrogens is 1200 g/mol. The molecule has 0 saturated carbocycles. The Balaban J connectivity index is 0.666. The number of benzene rings is 15. The Kier molecular flexibility index (Phi) is 15.2. The second kappa shape index (κ2) is 25.0. The van der Waals surface area contributed by atoms with Gasteiger partial charge in [-0.05, 0) is 200 Å². The average Bonchev–Trinajstić information content (AvgIpc) is 1.62. The van der Waals surface area contributed by atoms with E-state index in [0.717, 1.165) is 39.7 Å². The van der Waals surface area contributed by atoms with E-state index in [1.807, 2.05) is 22.7 Å². The van der Waals surface area contributed by atoms with Gasteiger partial charge in [-0.15, -0.1) is 22.7 Å². The molecule has 0 N–H and O–H groups in total. The molecule has 0 radical (unpaired) electrons. The number of anilines is 6. The lowest BCUT2D eigenvalue weighted by Gasteiger charge is -2.28. The highest BCUT2D eigenvalue weighted by Gasteiger charge is 2.23. The molecule has 0 spiro atoms. The van der Waals surface area contributed by atoms with Crippen LogP contribution in [0.3, 0.4) is 0 Å². The predicted molar refractivity (Wildman–Crippen MR) is 417 cm³/mol. The minimum Gasteiger partial charge on any atom is -0.310 e. The summed E-state index contributed by atoms with van der Waals surface area (Å²) in [6.07, 6.45) is 4.29. The van der Waals surface area contributed by atoms with Gasteiger partial charge in [0.2, 0.25) is 0 Å². The number of hydrogen-bond acceptors (Lipinski definition) is 4. The van der Waals surface area contributed by atoms with Crippen molar-refractivity contribution >= 4 is 114 Å². The van der Waals surface area contributed by atoms with Crippen LogP contribution in [0.2, 0.25) is 0 Å². The zero-order chi connectivity index (χ0) is 64.1. The van der Waals surface area contributed by atoms with Crippen LogP contribution in [0.1, 0.15) is 18.1 Å². The van der Waals surface area contributed by atoms with E-state index >= 15 is 0 Å². The molecule has 0 aliphatic heterocycles. The molecule has 15 aromatic carbocycles. The summed E-state index contributed by atoms with van der Waals surface area (Å²) in [5.41, 5.74) is 26.0. The van der Waals surface area contributed by atoms with E-state index in [1.165, 1.54) is 135 Å². The fraction of sp³-hybridized carbons (Fsp3) is 0.0217. The average molecular weight is 1260 g/mol. The first-order valence-electron chi connectivity index (χ1n) is 32.9. The molecule has 454 valence electrons. The molecule has 0 unspecified atom stereocenters. The molecule has 0 aliphatic rings. The van der Waals surface area contributed by atoms with Crippen molar-refractivity contribution in [3.63, 3.8) is 0 Å². The topological polar surface area (TPSA) is 6.48 Å². The summed E-state index contributed by atoms with van der Waals surface area (Å²) in [7, 11) is 0. The third kappa shape index (κ3) is 10.6. The minimum absolute atomic E-state index is 1.09. The summed E-state index contributed by atoms with van der Waals surface area (Å²) < 4.78 is 5.15. The first-order valence-corrected chi connectivity index (χ1v) is 34.5. The van der Waals surface area contributed by atoms with E-state index in [9.17, 15) is 0 Å². The van der Waals surface area contributed by atoms with E-state index in [4.69, 9.17) is 0 Å². The molecule has 0 saturated heterocycles. The molecule has 0 aliphatic carbocycles. The normalized spacial score (nSPS) is 11.6. The minimum atomic E-state index is 1.09. The van der Waals surface area contributed by atoms with Gasteiger partial charge in [-0.1, -0.05) is 255 Å². The lowest BCUT2D eigenvalue weighted by atomic mass is 9.93. The molecule has 4 heteroatoms. The van der Waals surface area contributed by atoms with Crippen molar-refractivity contribution in [2.45, 2.75) is 13.8 Å². The largest absolute Gasteiger partial charge is 0.310 e. The number of thiophene rings is 2. The highest BCUT2D eigenvalue weighted by atomic mass is 32.1. The summed E-state index contributed by atoms with van der Waals surface area (Å²) in [5, 5.41) is 7.58. The van der Waals surface area contributed by atoms with Gasteiger partial charge in [0.15, 0.2) is 0 Å². The van der Waals surface area contributed by atoms with Gasteiger partial charge in [-0.2, -0.15) is 0 Å². The summed E-state index contributed by atoms with van der Waals surface area (Å²) in [4.78, 5) is 4.82. The van der Waals surface area contributed by atoms with Gasteiger partial charge < -0.3 is 9.80 Å². The summed E-state index contributed by atoms with van der Waals surface area (Å²) in [6, 6.07) is 125. The maximum atomic E-state index is 2.42. The molecule has 17 aromatic rings. The molecule has 0 atom stereocenters. The quantitative estimate of drug-likeness (QED) is 0.107. The maximum absolute atomic E-state index is 2.42. The third-order valence-corrected chi connectivity index (χ3v) is 21.3. The molecule has 96 heavy (non-hydrogen) atoms. The molecule has 0 fully saturated rings. The first kappa shape index (κ1) is 58.2. The van der Waals surface area contributed by atoms with Crippen LogP contribution in [0, 0.1) is 6.92 Å². The predicted octanol–water partition coefficient (Wildman–Crippen LogP) is 27.5. The van der Waals surface area contributed by atoms with Gasteiger partial charge >= 0.3 is 0 Å². The van der Waals surface area contributed by atoms with Crippen LogP contribution in [0.5, 0.6) is 0 Å². The van der Waals surface area contributed by atoms with Crippen molar-refractivity contribution in [3.05, 3.63) is 357 Å². The Hall–Kier alpha value is -11.7. The van der Waals surface area contributed by atoms with Crippen molar-refractivity contribution in [2.24, 2.45) is 0 Å². The summed E-state index contributed by atoms with van der Waals surface area (Å²) in [5.74, 6) is 0. The van der Waals surface area contributed by atoms with Crippen LogP contribution in [-0.2, 0) is 0 Å². The Labute approximate surface area is 568 Å². The van der Waals surface area contributed by atoms with Crippen molar-refractivity contribution in [2.75, 3.05) is 9.80 Å². The summed E-state index contributed by atoms with van der Waals surface area (Å²) in [6.45, 7) is 4.29. The van der Waals surface area contributed by atoms with Gasteiger partial charge in [0.25, 0.3) is 0 Å². The number of fused-ring (bicyclic) bond motifs is 7. The monoisotopic (exact) mass is 1260 g/mol. The first-order chi connectivity index (χ1) is 47.5. The van der Waals surface area contributed by atoms with E-state index in [2.05, 4.69) is 376 Å². The standard InChI is InChI=1S/C92H64N2S2/c1-3-21-62-22-17-33-76(61(62)2)66-46-44-65(45-47-66)68-23-16-29-75(59-68)94(73-27-8-5-9-28-73)86-38-14-11-31-80(86)82-36-20-41-90-92(82)84-60-70(53-57-88(84)96-90)69-52-56-78-71(58-69)24-18-34-77(78)67-48-42-63(43-49-67)64-50-54-74(55-51-64)93(72-25-6-4-7-26-72)85-37-13-10-30-79(85)81-35-19-40-89-91(81)83-32-12-15-39-87(83)95-89/h3-60H,1-2H3/b21-3-. The molecule has 2 aromatic heterocycles. The maximum Gasteiger partial charge on any atom is 0.0540 e. The fourth-order valence-electron chi connectivity index (χ4n) is 14.4. The molecule has 0 bridgehead atoms. The van der Waals surface area contributed by atoms with Crippen LogP contribution in [0.4, 0.5) is 34.1 Å². The Bertz CT molecular complexity index is 5780. The number of para-hydroxylation sites is 4. The van der Waals surface area contributed by atoms with Crippen molar-refractivity contribution in [1.29, 1.82) is 0 Å². The Morgan fingerprint density at radius 2 is 0.688 bits per heavy atom. The number of hydrogen-bond donors (Lipinski definition) is 0. The van der Waals surface area contributed by atoms with Gasteiger partial charge in [-0.25, -0.2) is 0 Å².